The second-order valence-corrected chi connectivity index (χ2v) is 6.68. The van der Waals surface area contributed by atoms with Crippen molar-refractivity contribution in [2.75, 3.05) is 0 Å². The lowest BCUT2D eigenvalue weighted by Gasteiger charge is -1.99. The Balaban J connectivity index is 2.35. The highest BCUT2D eigenvalue weighted by atomic mass is 35.5. The highest BCUT2D eigenvalue weighted by molar-refractivity contribution is 7.20. The Morgan fingerprint density at radius 3 is 2.47 bits per heavy atom. The fourth-order valence-electron chi connectivity index (χ4n) is 2.24. The number of carboxylic acids is 1. The minimum Gasteiger partial charge on any atom is -0.481 e. The molecular weight excluding hydrogens is 255 g/mol. The van der Waals surface area contributed by atoms with Crippen LogP contribution in [0.25, 0.3) is 0 Å². The molecule has 0 radical (unpaired) electrons. The highest BCUT2D eigenvalue weighted by Crippen LogP contribution is 2.66. The van der Waals surface area contributed by atoms with Gasteiger partial charge in [0, 0.05) is 5.92 Å². The number of carbonyl (C=O) groups is 1. The first-order chi connectivity index (χ1) is 6.85. The predicted octanol–water partition coefficient (Wildman–Crippen LogP) is 3.88. The van der Waals surface area contributed by atoms with Crippen LogP contribution in [0.2, 0.25) is 8.67 Å². The van der Waals surface area contributed by atoms with Crippen LogP contribution in [0.1, 0.15) is 25.3 Å². The third-order valence-electron chi connectivity index (χ3n) is 3.11. The Hall–Kier alpha value is -0.250. The molecule has 2 nitrogen and oxygen atoms in total. The lowest BCUT2D eigenvalue weighted by Crippen LogP contribution is -2.03. The topological polar surface area (TPSA) is 37.3 Å². The monoisotopic (exact) mass is 264 g/mol. The van der Waals surface area contributed by atoms with Crippen molar-refractivity contribution in [1.29, 1.82) is 0 Å². The summed E-state index contributed by atoms with van der Waals surface area (Å²) in [5.41, 5.74) is 0.656. The summed E-state index contributed by atoms with van der Waals surface area (Å²) in [6, 6.07) is 1.78. The maximum absolute atomic E-state index is 11.0. The van der Waals surface area contributed by atoms with E-state index in [1.54, 1.807) is 6.07 Å². The average Bonchev–Trinajstić information content (AvgIpc) is 2.48. The van der Waals surface area contributed by atoms with Crippen molar-refractivity contribution in [3.63, 3.8) is 0 Å². The van der Waals surface area contributed by atoms with Gasteiger partial charge in [-0.05, 0) is 17.0 Å². The largest absolute Gasteiger partial charge is 0.481 e. The molecule has 1 aromatic rings. The molecule has 0 aliphatic heterocycles. The molecule has 5 heteroatoms. The van der Waals surface area contributed by atoms with Crippen LogP contribution in [0.15, 0.2) is 6.07 Å². The van der Waals surface area contributed by atoms with Crippen LogP contribution in [0.5, 0.6) is 0 Å². The van der Waals surface area contributed by atoms with Crippen molar-refractivity contribution in [3.05, 3.63) is 20.3 Å². The van der Waals surface area contributed by atoms with Gasteiger partial charge in [0.25, 0.3) is 0 Å². The second kappa shape index (κ2) is 3.37. The molecule has 0 aromatic carbocycles. The SMILES string of the molecule is CC1(C)C(C(=O)O)C1c1cc(Cl)sc1Cl. The average molecular weight is 265 g/mol. The van der Waals surface area contributed by atoms with E-state index < -0.39 is 5.97 Å². The minimum atomic E-state index is -0.761. The molecule has 2 unspecified atom stereocenters. The number of rotatable bonds is 2. The molecule has 15 heavy (non-hydrogen) atoms. The van der Waals surface area contributed by atoms with Crippen LogP contribution in [0.3, 0.4) is 0 Å². The van der Waals surface area contributed by atoms with Crippen LogP contribution in [-0.2, 0) is 4.79 Å². The highest BCUT2D eigenvalue weighted by Gasteiger charge is 2.63. The smallest absolute Gasteiger partial charge is 0.307 e. The van der Waals surface area contributed by atoms with Crippen molar-refractivity contribution in [2.24, 2.45) is 11.3 Å². The minimum absolute atomic E-state index is 0.00810. The zero-order valence-electron chi connectivity index (χ0n) is 8.25. The molecule has 0 saturated heterocycles. The van der Waals surface area contributed by atoms with Crippen molar-refractivity contribution >= 4 is 40.5 Å². The van der Waals surface area contributed by atoms with E-state index in [2.05, 4.69) is 0 Å². The summed E-state index contributed by atoms with van der Waals surface area (Å²) in [7, 11) is 0. The quantitative estimate of drug-likeness (QED) is 0.881. The first-order valence-corrected chi connectivity index (χ1v) is 6.10. The Morgan fingerprint density at radius 2 is 2.13 bits per heavy atom. The van der Waals surface area contributed by atoms with Crippen molar-refractivity contribution in [2.45, 2.75) is 19.8 Å². The molecule has 1 aliphatic carbocycles. The summed E-state index contributed by atoms with van der Waals surface area (Å²) >= 11 is 13.2. The van der Waals surface area contributed by atoms with Gasteiger partial charge in [-0.3, -0.25) is 4.79 Å². The number of hydrogen-bond acceptors (Lipinski definition) is 2. The lowest BCUT2D eigenvalue weighted by molar-refractivity contribution is -0.139. The summed E-state index contributed by atoms with van der Waals surface area (Å²) in [4.78, 5) is 11.0. The number of halogens is 2. The number of hydrogen-bond donors (Lipinski definition) is 1. The van der Waals surface area contributed by atoms with Gasteiger partial charge in [0.1, 0.15) is 0 Å². The summed E-state index contributed by atoms with van der Waals surface area (Å²) < 4.78 is 1.23. The molecule has 1 saturated carbocycles. The van der Waals surface area contributed by atoms with Gasteiger partial charge < -0.3 is 5.11 Å². The molecule has 0 amide bonds. The van der Waals surface area contributed by atoms with Crippen LogP contribution in [-0.4, -0.2) is 11.1 Å². The standard InChI is InChI=1S/C10H10Cl2O2S/c1-10(2)6(7(10)9(13)14)4-3-5(11)15-8(4)12/h3,6-7H,1-2H3,(H,13,14). The lowest BCUT2D eigenvalue weighted by atomic mass is 10.1. The van der Waals surface area contributed by atoms with Crippen molar-refractivity contribution in [1.82, 2.24) is 0 Å². The number of carboxylic acid groups (broad SMARTS) is 1. The van der Waals surface area contributed by atoms with E-state index in [0.29, 0.717) is 8.67 Å². The normalized spacial score (nSPS) is 27.7. The first kappa shape index (κ1) is 11.2. The third-order valence-corrected chi connectivity index (χ3v) is 4.63. The molecule has 2 rings (SSSR count). The Kier molecular flexibility index (Phi) is 2.53. The van der Waals surface area contributed by atoms with Crippen LogP contribution < -0.4 is 0 Å². The van der Waals surface area contributed by atoms with Crippen LogP contribution >= 0.6 is 34.5 Å². The number of aliphatic carboxylic acids is 1. The molecule has 1 N–H and O–H groups in total. The van der Waals surface area contributed by atoms with Gasteiger partial charge in [0.2, 0.25) is 0 Å². The maximum atomic E-state index is 11.0. The van der Waals surface area contributed by atoms with Gasteiger partial charge in [0.15, 0.2) is 0 Å². The fraction of sp³-hybridized carbons (Fsp3) is 0.500. The van der Waals surface area contributed by atoms with E-state index in [-0.39, 0.29) is 17.3 Å². The zero-order chi connectivity index (χ0) is 11.4. The fourth-order valence-corrected chi connectivity index (χ4v) is 3.79. The summed E-state index contributed by atoms with van der Waals surface area (Å²) in [6.45, 7) is 3.89. The van der Waals surface area contributed by atoms with Crippen molar-refractivity contribution < 1.29 is 9.90 Å². The van der Waals surface area contributed by atoms with Gasteiger partial charge in [0.05, 0.1) is 14.6 Å². The third kappa shape index (κ3) is 1.67. The molecule has 82 valence electrons. The molecule has 1 fully saturated rings. The maximum Gasteiger partial charge on any atom is 0.307 e. The Morgan fingerprint density at radius 1 is 1.53 bits per heavy atom. The van der Waals surface area contributed by atoms with E-state index in [1.165, 1.54) is 11.3 Å². The van der Waals surface area contributed by atoms with Gasteiger partial charge >= 0.3 is 5.97 Å². The summed E-state index contributed by atoms with van der Waals surface area (Å²) in [6.07, 6.45) is 0. The molecule has 0 spiro atoms. The van der Waals surface area contributed by atoms with Gasteiger partial charge in [-0.2, -0.15) is 0 Å². The first-order valence-electron chi connectivity index (χ1n) is 4.53. The van der Waals surface area contributed by atoms with Gasteiger partial charge in [-0.25, -0.2) is 0 Å². The second-order valence-electron chi connectivity index (χ2n) is 4.39. The molecular formula is C10H10Cl2O2S. The molecule has 1 aromatic heterocycles. The predicted molar refractivity (Wildman–Crippen MR) is 62.0 cm³/mol. The van der Waals surface area contributed by atoms with E-state index in [9.17, 15) is 4.79 Å². The van der Waals surface area contributed by atoms with Crippen LogP contribution in [0.4, 0.5) is 0 Å². The van der Waals surface area contributed by atoms with E-state index >= 15 is 0 Å². The summed E-state index contributed by atoms with van der Waals surface area (Å²) in [5, 5.41) is 9.05. The molecule has 1 heterocycles. The van der Waals surface area contributed by atoms with E-state index in [4.69, 9.17) is 28.3 Å². The molecule has 1 aliphatic rings. The Labute approximate surface area is 102 Å². The van der Waals surface area contributed by atoms with Gasteiger partial charge in [-0.15, -0.1) is 11.3 Å². The van der Waals surface area contributed by atoms with Crippen LogP contribution in [0, 0.1) is 11.3 Å². The molecule has 0 bridgehead atoms. The Bertz CT molecular complexity index is 425. The van der Waals surface area contributed by atoms with Gasteiger partial charge in [-0.1, -0.05) is 37.0 Å². The zero-order valence-corrected chi connectivity index (χ0v) is 10.6. The summed E-state index contributed by atoms with van der Waals surface area (Å²) in [5.74, 6) is -1.12. The van der Waals surface area contributed by atoms with E-state index in [1.807, 2.05) is 13.8 Å². The molecule has 2 atom stereocenters. The number of thiophene rings is 1. The van der Waals surface area contributed by atoms with Crippen molar-refractivity contribution in [3.8, 4) is 0 Å². The van der Waals surface area contributed by atoms with E-state index in [0.717, 1.165) is 5.56 Å².